The summed E-state index contributed by atoms with van der Waals surface area (Å²) in [4.78, 5) is 13.9. The second kappa shape index (κ2) is 3.17. The number of hydrogen-bond donors (Lipinski definition) is 1. The lowest BCUT2D eigenvalue weighted by Crippen LogP contribution is -2.06. The van der Waals surface area contributed by atoms with Gasteiger partial charge >= 0.3 is 0 Å². The number of nitrogens with zero attached hydrogens (tertiary/aromatic N) is 1. The fourth-order valence-electron chi connectivity index (χ4n) is 1.74. The zero-order valence-corrected chi connectivity index (χ0v) is 8.25. The number of phenolic OH excluding ortho intramolecular Hbond substituents is 1. The second-order valence-corrected chi connectivity index (χ2v) is 3.88. The molecule has 4 heteroatoms. The van der Waals surface area contributed by atoms with E-state index in [1.165, 1.54) is 12.1 Å². The summed E-state index contributed by atoms with van der Waals surface area (Å²) < 4.78 is 13.6. The summed E-state index contributed by atoms with van der Waals surface area (Å²) >= 11 is 0. The molecular weight excluding hydrogens is 197 g/mol. The lowest BCUT2D eigenvalue weighted by Gasteiger charge is -2.11. The molecule has 3 nitrogen and oxygen atoms in total. The van der Waals surface area contributed by atoms with Crippen molar-refractivity contribution in [1.82, 2.24) is 0 Å². The molecule has 0 aromatic heterocycles. The van der Waals surface area contributed by atoms with Gasteiger partial charge in [0.1, 0.15) is 5.54 Å². The number of aryl methyl sites for hydroxylation is 1. The number of benzene rings is 1. The van der Waals surface area contributed by atoms with E-state index in [2.05, 4.69) is 4.99 Å². The van der Waals surface area contributed by atoms with Crippen molar-refractivity contribution in [3.05, 3.63) is 29.1 Å². The van der Waals surface area contributed by atoms with Crippen LogP contribution in [-0.4, -0.2) is 11.2 Å². The highest BCUT2D eigenvalue weighted by Gasteiger charge is 2.47. The first-order chi connectivity index (χ1) is 7.09. The Morgan fingerprint density at radius 2 is 2.20 bits per heavy atom. The van der Waals surface area contributed by atoms with Crippen LogP contribution < -0.4 is 0 Å². The van der Waals surface area contributed by atoms with Gasteiger partial charge in [-0.25, -0.2) is 9.18 Å². The number of carbonyl (C=O) groups excluding carboxylic acids is 1. The van der Waals surface area contributed by atoms with Crippen LogP contribution in [0.15, 0.2) is 17.1 Å². The van der Waals surface area contributed by atoms with Gasteiger partial charge in [0.15, 0.2) is 11.6 Å². The Morgan fingerprint density at radius 1 is 1.53 bits per heavy atom. The Hall–Kier alpha value is -1.67. The normalized spacial score (nSPS) is 16.9. The van der Waals surface area contributed by atoms with Crippen LogP contribution in [0.4, 0.5) is 4.39 Å². The summed E-state index contributed by atoms with van der Waals surface area (Å²) in [6.45, 7) is 1.75. The third-order valence-corrected chi connectivity index (χ3v) is 2.68. The summed E-state index contributed by atoms with van der Waals surface area (Å²) in [7, 11) is 0. The van der Waals surface area contributed by atoms with Gasteiger partial charge in [0.05, 0.1) is 0 Å². The SMILES string of the molecule is Cc1cc(O)c(F)c(C2(N=C=O)CC2)c1. The highest BCUT2D eigenvalue weighted by atomic mass is 19.1. The third kappa shape index (κ3) is 1.53. The fraction of sp³-hybridized carbons (Fsp3) is 0.364. The van der Waals surface area contributed by atoms with E-state index in [9.17, 15) is 14.3 Å². The van der Waals surface area contributed by atoms with Crippen LogP contribution in [0.5, 0.6) is 5.75 Å². The minimum Gasteiger partial charge on any atom is -0.505 e. The molecule has 1 aliphatic rings. The smallest absolute Gasteiger partial charge is 0.235 e. The van der Waals surface area contributed by atoms with E-state index < -0.39 is 17.1 Å². The van der Waals surface area contributed by atoms with E-state index in [0.717, 1.165) is 5.56 Å². The van der Waals surface area contributed by atoms with Gasteiger partial charge in [-0.15, -0.1) is 0 Å². The molecule has 1 aromatic carbocycles. The molecule has 1 N–H and O–H groups in total. The Morgan fingerprint density at radius 3 is 2.73 bits per heavy atom. The quantitative estimate of drug-likeness (QED) is 0.596. The average molecular weight is 207 g/mol. The Kier molecular flexibility index (Phi) is 2.09. The number of rotatable bonds is 2. The van der Waals surface area contributed by atoms with Crippen LogP contribution >= 0.6 is 0 Å². The molecule has 1 aliphatic carbocycles. The van der Waals surface area contributed by atoms with E-state index in [-0.39, 0.29) is 0 Å². The van der Waals surface area contributed by atoms with Crippen LogP contribution in [0, 0.1) is 12.7 Å². The van der Waals surface area contributed by atoms with Crippen molar-refractivity contribution in [3.8, 4) is 5.75 Å². The number of phenols is 1. The third-order valence-electron chi connectivity index (χ3n) is 2.68. The molecule has 0 unspecified atom stereocenters. The number of halogens is 1. The maximum Gasteiger partial charge on any atom is 0.235 e. The number of hydrogen-bond acceptors (Lipinski definition) is 3. The molecular formula is C11H10FNO2. The molecule has 0 radical (unpaired) electrons. The lowest BCUT2D eigenvalue weighted by atomic mass is 10.0. The zero-order chi connectivity index (χ0) is 11.1. The van der Waals surface area contributed by atoms with Gasteiger partial charge in [-0.1, -0.05) is 6.07 Å². The Labute approximate surface area is 86.3 Å². The van der Waals surface area contributed by atoms with Crippen molar-refractivity contribution >= 4 is 6.08 Å². The molecule has 1 fully saturated rings. The molecule has 0 spiro atoms. The molecule has 0 heterocycles. The molecule has 15 heavy (non-hydrogen) atoms. The van der Waals surface area contributed by atoms with Crippen LogP contribution in [0.2, 0.25) is 0 Å². The highest BCUT2D eigenvalue weighted by molar-refractivity contribution is 5.45. The Bertz CT molecular complexity index is 460. The minimum atomic E-state index is -0.769. The van der Waals surface area contributed by atoms with E-state index in [1.54, 1.807) is 13.0 Å². The van der Waals surface area contributed by atoms with E-state index >= 15 is 0 Å². The van der Waals surface area contributed by atoms with Crippen LogP contribution in [0.1, 0.15) is 24.0 Å². The maximum atomic E-state index is 13.6. The van der Waals surface area contributed by atoms with Crippen molar-refractivity contribution in [1.29, 1.82) is 0 Å². The first-order valence-electron chi connectivity index (χ1n) is 4.68. The summed E-state index contributed by atoms with van der Waals surface area (Å²) in [6, 6.07) is 2.96. The van der Waals surface area contributed by atoms with E-state index in [1.807, 2.05) is 0 Å². The molecule has 0 saturated heterocycles. The standard InChI is InChI=1S/C11H10FNO2/c1-7-4-8(10(12)9(15)5-7)11(2-3-11)13-6-14/h4-5,15H,2-3H2,1H3. The second-order valence-electron chi connectivity index (χ2n) is 3.88. The van der Waals surface area contributed by atoms with Crippen molar-refractivity contribution in [2.75, 3.05) is 0 Å². The minimum absolute atomic E-state index is 0.295. The molecule has 1 aromatic rings. The zero-order valence-electron chi connectivity index (χ0n) is 8.25. The molecule has 2 rings (SSSR count). The molecule has 0 aliphatic heterocycles. The first-order valence-corrected chi connectivity index (χ1v) is 4.68. The molecule has 1 saturated carbocycles. The Balaban J connectivity index is 2.57. The highest BCUT2D eigenvalue weighted by Crippen LogP contribution is 2.51. The monoisotopic (exact) mass is 207 g/mol. The predicted molar refractivity (Wildman–Crippen MR) is 51.8 cm³/mol. The van der Waals surface area contributed by atoms with Gasteiger partial charge in [0.25, 0.3) is 0 Å². The van der Waals surface area contributed by atoms with Gasteiger partial charge in [0.2, 0.25) is 6.08 Å². The summed E-state index contributed by atoms with van der Waals surface area (Å²) in [5.41, 5.74) is 0.273. The van der Waals surface area contributed by atoms with Gasteiger partial charge in [-0.05, 0) is 31.4 Å². The van der Waals surface area contributed by atoms with E-state index in [4.69, 9.17) is 0 Å². The summed E-state index contributed by atoms with van der Waals surface area (Å²) in [6.07, 6.45) is 2.72. The molecule has 78 valence electrons. The maximum absolute atomic E-state index is 13.6. The first kappa shape index (κ1) is 9.87. The van der Waals surface area contributed by atoms with Crippen LogP contribution in [-0.2, 0) is 10.3 Å². The summed E-state index contributed by atoms with van der Waals surface area (Å²) in [5.74, 6) is -1.07. The van der Waals surface area contributed by atoms with Gasteiger partial charge in [-0.2, -0.15) is 4.99 Å². The van der Waals surface area contributed by atoms with E-state index in [0.29, 0.717) is 18.4 Å². The largest absolute Gasteiger partial charge is 0.505 e. The molecule has 0 atom stereocenters. The van der Waals surface area contributed by atoms with Gasteiger partial charge in [0, 0.05) is 5.56 Å². The van der Waals surface area contributed by atoms with Crippen molar-refractivity contribution in [2.45, 2.75) is 25.3 Å². The van der Waals surface area contributed by atoms with Gasteiger partial charge < -0.3 is 5.11 Å². The average Bonchev–Trinajstić information content (AvgIpc) is 2.93. The van der Waals surface area contributed by atoms with Crippen molar-refractivity contribution in [3.63, 3.8) is 0 Å². The lowest BCUT2D eigenvalue weighted by molar-refractivity contribution is 0.423. The van der Waals surface area contributed by atoms with Crippen molar-refractivity contribution in [2.24, 2.45) is 4.99 Å². The van der Waals surface area contributed by atoms with Crippen molar-refractivity contribution < 1.29 is 14.3 Å². The van der Waals surface area contributed by atoms with Crippen LogP contribution in [0.3, 0.4) is 0 Å². The molecule has 0 bridgehead atoms. The van der Waals surface area contributed by atoms with Crippen LogP contribution in [0.25, 0.3) is 0 Å². The van der Waals surface area contributed by atoms with Gasteiger partial charge in [-0.3, -0.25) is 0 Å². The number of isocyanates is 1. The molecule has 0 amide bonds. The number of aliphatic imine (C=N–C) groups is 1. The fourth-order valence-corrected chi connectivity index (χ4v) is 1.74. The number of aromatic hydroxyl groups is 1. The summed E-state index contributed by atoms with van der Waals surface area (Å²) in [5, 5.41) is 9.33. The topological polar surface area (TPSA) is 49.7 Å². The predicted octanol–water partition coefficient (Wildman–Crippen LogP) is 2.16.